The van der Waals surface area contributed by atoms with Gasteiger partial charge in [0.1, 0.15) is 18.0 Å². The maximum atomic E-state index is 12.1. The molecule has 0 spiro atoms. The van der Waals surface area contributed by atoms with Crippen molar-refractivity contribution in [3.05, 3.63) is 62.7 Å². The van der Waals surface area contributed by atoms with Gasteiger partial charge in [-0.15, -0.1) is 5.10 Å². The first kappa shape index (κ1) is 17.6. The van der Waals surface area contributed by atoms with E-state index < -0.39 is 35.9 Å². The van der Waals surface area contributed by atoms with E-state index in [0.717, 1.165) is 12.0 Å². The van der Waals surface area contributed by atoms with Crippen LogP contribution in [0.2, 0.25) is 0 Å². The number of aryl methyl sites for hydroxylation is 1. The molecule has 142 valence electrons. The fourth-order valence-corrected chi connectivity index (χ4v) is 3.36. The predicted molar refractivity (Wildman–Crippen MR) is 93.6 cm³/mol. The second-order valence-corrected chi connectivity index (χ2v) is 6.68. The van der Waals surface area contributed by atoms with Crippen molar-refractivity contribution in [3.8, 4) is 0 Å². The molecule has 0 radical (unpaired) electrons. The standard InChI is InChI=1S/C17H19N5O5/c1-10-7-21(16(26)18-15(10)25)14-6-13(24)17(9-23,27-14)22-8-12(19-20-22)11-4-2-3-5-11/h2-4,7-8,13-14,23-24H,5-6,9H2,1H3,(H,18,25,26)/t13-,14+,17+/m0/s1. The number of hydrogen-bond acceptors (Lipinski definition) is 7. The number of aromatic nitrogens is 5. The number of nitrogens with one attached hydrogen (secondary N) is 1. The van der Waals surface area contributed by atoms with Crippen molar-refractivity contribution < 1.29 is 14.9 Å². The number of hydrogen-bond donors (Lipinski definition) is 3. The van der Waals surface area contributed by atoms with Gasteiger partial charge in [0.25, 0.3) is 5.56 Å². The Morgan fingerprint density at radius 1 is 1.41 bits per heavy atom. The average Bonchev–Trinajstić information content (AvgIpc) is 3.37. The van der Waals surface area contributed by atoms with E-state index in [-0.39, 0.29) is 6.42 Å². The van der Waals surface area contributed by atoms with Crippen LogP contribution in [-0.4, -0.2) is 47.5 Å². The van der Waals surface area contributed by atoms with Gasteiger partial charge in [0, 0.05) is 18.2 Å². The Morgan fingerprint density at radius 2 is 2.22 bits per heavy atom. The third-order valence-electron chi connectivity index (χ3n) is 4.95. The number of ether oxygens (including phenoxy) is 1. The van der Waals surface area contributed by atoms with E-state index in [2.05, 4.69) is 15.3 Å². The van der Waals surface area contributed by atoms with E-state index in [9.17, 15) is 19.8 Å². The minimum atomic E-state index is -1.58. The zero-order valence-corrected chi connectivity index (χ0v) is 14.6. The van der Waals surface area contributed by atoms with Crippen molar-refractivity contribution in [2.24, 2.45) is 0 Å². The summed E-state index contributed by atoms with van der Waals surface area (Å²) in [5.41, 5.74) is -0.806. The van der Waals surface area contributed by atoms with Crippen molar-refractivity contribution in [3.63, 3.8) is 0 Å². The van der Waals surface area contributed by atoms with Crippen molar-refractivity contribution >= 4 is 5.57 Å². The minimum absolute atomic E-state index is 0.0331. The molecule has 0 amide bonds. The van der Waals surface area contributed by atoms with Crippen LogP contribution in [0, 0.1) is 6.92 Å². The molecule has 10 heteroatoms. The quantitative estimate of drug-likeness (QED) is 0.651. The molecule has 1 saturated heterocycles. The number of H-pyrrole nitrogens is 1. The summed E-state index contributed by atoms with van der Waals surface area (Å²) in [6, 6.07) is 0. The topological polar surface area (TPSA) is 135 Å². The van der Waals surface area contributed by atoms with Gasteiger partial charge in [0.15, 0.2) is 0 Å². The van der Waals surface area contributed by atoms with E-state index >= 15 is 0 Å². The Labute approximate surface area is 153 Å². The van der Waals surface area contributed by atoms with Gasteiger partial charge < -0.3 is 14.9 Å². The normalized spacial score (nSPS) is 27.3. The summed E-state index contributed by atoms with van der Waals surface area (Å²) in [6.07, 6.45) is 7.52. The van der Waals surface area contributed by atoms with Crippen molar-refractivity contribution in [2.45, 2.75) is 37.8 Å². The van der Waals surface area contributed by atoms with Crippen molar-refractivity contribution in [1.82, 2.24) is 24.5 Å². The number of nitrogens with zero attached hydrogens (tertiary/aromatic N) is 4. The maximum absolute atomic E-state index is 12.1. The van der Waals surface area contributed by atoms with Crippen LogP contribution in [0.1, 0.15) is 30.3 Å². The first-order chi connectivity index (χ1) is 12.9. The molecule has 2 aromatic rings. The van der Waals surface area contributed by atoms with Crippen LogP contribution in [0.5, 0.6) is 0 Å². The molecule has 0 saturated carbocycles. The molecule has 1 aliphatic heterocycles. The molecule has 0 bridgehead atoms. The largest absolute Gasteiger partial charge is 0.391 e. The molecule has 4 rings (SSSR count). The summed E-state index contributed by atoms with van der Waals surface area (Å²) in [5.74, 6) is 0. The van der Waals surface area contributed by atoms with Crippen LogP contribution in [0.3, 0.4) is 0 Å². The average molecular weight is 373 g/mol. The Hall–Kier alpha value is -2.82. The van der Waals surface area contributed by atoms with Crippen LogP contribution in [-0.2, 0) is 10.5 Å². The molecule has 1 aliphatic carbocycles. The summed E-state index contributed by atoms with van der Waals surface area (Å²) in [7, 11) is 0. The second-order valence-electron chi connectivity index (χ2n) is 6.68. The number of rotatable bonds is 4. The molecule has 1 fully saturated rings. The Balaban J connectivity index is 1.69. The smallest absolute Gasteiger partial charge is 0.330 e. The van der Waals surface area contributed by atoms with Gasteiger partial charge >= 0.3 is 5.69 Å². The van der Waals surface area contributed by atoms with E-state index in [4.69, 9.17) is 4.74 Å². The summed E-state index contributed by atoms with van der Waals surface area (Å²) in [4.78, 5) is 25.9. The highest BCUT2D eigenvalue weighted by Crippen LogP contribution is 2.39. The van der Waals surface area contributed by atoms with Gasteiger partial charge in [-0.1, -0.05) is 23.4 Å². The monoisotopic (exact) mass is 373 g/mol. The molecule has 2 aromatic heterocycles. The molecule has 3 atom stereocenters. The van der Waals surface area contributed by atoms with Gasteiger partial charge in [0.2, 0.25) is 5.72 Å². The Morgan fingerprint density at radius 3 is 2.93 bits per heavy atom. The molecule has 0 aromatic carbocycles. The van der Waals surface area contributed by atoms with Gasteiger partial charge in [-0.05, 0) is 18.9 Å². The Bertz CT molecular complexity index is 1050. The van der Waals surface area contributed by atoms with Gasteiger partial charge in [-0.3, -0.25) is 14.3 Å². The van der Waals surface area contributed by atoms with E-state index in [0.29, 0.717) is 11.3 Å². The Kier molecular flexibility index (Phi) is 4.17. The van der Waals surface area contributed by atoms with E-state index in [1.165, 1.54) is 15.4 Å². The second kappa shape index (κ2) is 6.41. The molecule has 10 nitrogen and oxygen atoms in total. The molecule has 0 unspecified atom stereocenters. The third-order valence-corrected chi connectivity index (χ3v) is 4.95. The fourth-order valence-electron chi connectivity index (χ4n) is 3.36. The molecule has 2 aliphatic rings. The third kappa shape index (κ3) is 2.78. The summed E-state index contributed by atoms with van der Waals surface area (Å²) in [6.45, 7) is 0.994. The summed E-state index contributed by atoms with van der Waals surface area (Å²) in [5, 5.41) is 28.8. The summed E-state index contributed by atoms with van der Waals surface area (Å²) < 4.78 is 8.38. The zero-order valence-electron chi connectivity index (χ0n) is 14.6. The fraction of sp³-hybridized carbons (Fsp3) is 0.412. The highest BCUT2D eigenvalue weighted by molar-refractivity contribution is 5.67. The highest BCUT2D eigenvalue weighted by Gasteiger charge is 2.51. The van der Waals surface area contributed by atoms with Crippen LogP contribution in [0.15, 0.2) is 40.2 Å². The SMILES string of the molecule is Cc1cn([C@H]2C[C@H](O)[C@](CO)(n3cc(C4=CC=CC4)nn3)O2)c(=O)[nH]c1=O. The lowest BCUT2D eigenvalue weighted by Crippen LogP contribution is -2.46. The van der Waals surface area contributed by atoms with Gasteiger partial charge in [-0.25, -0.2) is 9.48 Å². The van der Waals surface area contributed by atoms with Crippen molar-refractivity contribution in [2.75, 3.05) is 6.61 Å². The molecular weight excluding hydrogens is 354 g/mol. The molecular formula is C17H19N5O5. The van der Waals surface area contributed by atoms with Crippen LogP contribution in [0.4, 0.5) is 0 Å². The number of aromatic amines is 1. The lowest BCUT2D eigenvalue weighted by atomic mass is 10.1. The molecule has 3 N–H and O–H groups in total. The molecule has 27 heavy (non-hydrogen) atoms. The summed E-state index contributed by atoms with van der Waals surface area (Å²) >= 11 is 0. The van der Waals surface area contributed by atoms with E-state index in [1.807, 2.05) is 18.2 Å². The maximum Gasteiger partial charge on any atom is 0.330 e. The predicted octanol–water partition coefficient (Wildman–Crippen LogP) is -0.595. The van der Waals surface area contributed by atoms with Gasteiger partial charge in [-0.2, -0.15) is 0 Å². The van der Waals surface area contributed by atoms with Crippen LogP contribution >= 0.6 is 0 Å². The highest BCUT2D eigenvalue weighted by atomic mass is 16.6. The first-order valence-corrected chi connectivity index (χ1v) is 8.52. The first-order valence-electron chi connectivity index (χ1n) is 8.52. The lowest BCUT2D eigenvalue weighted by molar-refractivity contribution is -0.187. The number of allylic oxidation sites excluding steroid dienone is 4. The van der Waals surface area contributed by atoms with Crippen molar-refractivity contribution in [1.29, 1.82) is 0 Å². The van der Waals surface area contributed by atoms with Crippen LogP contribution in [0.25, 0.3) is 5.57 Å². The van der Waals surface area contributed by atoms with Gasteiger partial charge in [0.05, 0.1) is 12.8 Å². The minimum Gasteiger partial charge on any atom is -0.391 e. The zero-order chi connectivity index (χ0) is 19.2. The van der Waals surface area contributed by atoms with Crippen LogP contribution < -0.4 is 11.2 Å². The number of aliphatic hydroxyl groups excluding tert-OH is 2. The lowest BCUT2D eigenvalue weighted by Gasteiger charge is -2.29. The number of aliphatic hydroxyl groups is 2. The van der Waals surface area contributed by atoms with E-state index in [1.54, 1.807) is 13.1 Å². The molecule has 3 heterocycles.